The van der Waals surface area contributed by atoms with Crippen LogP contribution in [0.15, 0.2) is 54.6 Å². The zero-order valence-electron chi connectivity index (χ0n) is 12.9. The van der Waals surface area contributed by atoms with Gasteiger partial charge in [0.2, 0.25) is 0 Å². The molecule has 1 fully saturated rings. The van der Waals surface area contributed by atoms with Gasteiger partial charge in [0.05, 0.1) is 6.07 Å². The third-order valence-corrected chi connectivity index (χ3v) is 4.57. The lowest BCUT2D eigenvalue weighted by molar-refractivity contribution is 0.505. The summed E-state index contributed by atoms with van der Waals surface area (Å²) >= 11 is 0. The fourth-order valence-corrected chi connectivity index (χ4v) is 3.31. The highest BCUT2D eigenvalue weighted by molar-refractivity contribution is 5.49. The maximum Gasteiger partial charge on any atom is 0.0625 e. The molecule has 1 saturated heterocycles. The Balaban J connectivity index is 1.63. The van der Waals surface area contributed by atoms with Crippen LogP contribution in [0.5, 0.6) is 0 Å². The van der Waals surface area contributed by atoms with Crippen LogP contribution in [0.3, 0.4) is 0 Å². The highest BCUT2D eigenvalue weighted by Gasteiger charge is 2.20. The number of nitriles is 1. The van der Waals surface area contributed by atoms with Crippen molar-refractivity contribution < 1.29 is 0 Å². The summed E-state index contributed by atoms with van der Waals surface area (Å²) in [7, 11) is 0. The van der Waals surface area contributed by atoms with Crippen LogP contribution in [0.4, 0.5) is 5.69 Å². The van der Waals surface area contributed by atoms with E-state index in [2.05, 4.69) is 65.6 Å². The molecule has 1 aliphatic rings. The summed E-state index contributed by atoms with van der Waals surface area (Å²) in [4.78, 5) is 2.48. The fraction of sp³-hybridized carbons (Fsp3) is 0.350. The lowest BCUT2D eigenvalue weighted by Gasteiger charge is -2.34. The summed E-state index contributed by atoms with van der Waals surface area (Å²) in [6, 6.07) is 21.8. The predicted octanol–water partition coefficient (Wildman–Crippen LogP) is 4.53. The molecule has 2 heteroatoms. The average Bonchev–Trinajstić information content (AvgIpc) is 2.61. The normalized spacial score (nSPS) is 15.5. The van der Waals surface area contributed by atoms with E-state index in [1.807, 2.05) is 0 Å². The predicted molar refractivity (Wildman–Crippen MR) is 91.0 cm³/mol. The number of aryl methyl sites for hydroxylation is 1. The summed E-state index contributed by atoms with van der Waals surface area (Å²) < 4.78 is 0. The van der Waals surface area contributed by atoms with Gasteiger partial charge in [-0.3, -0.25) is 0 Å². The van der Waals surface area contributed by atoms with Gasteiger partial charge in [0.25, 0.3) is 0 Å². The van der Waals surface area contributed by atoms with Crippen molar-refractivity contribution in [3.05, 3.63) is 65.7 Å². The molecule has 0 aromatic heterocycles. The van der Waals surface area contributed by atoms with Gasteiger partial charge in [-0.1, -0.05) is 42.5 Å². The first kappa shape index (κ1) is 14.7. The Bertz CT molecular complexity index is 634. The molecule has 22 heavy (non-hydrogen) atoms. The van der Waals surface area contributed by atoms with Crippen molar-refractivity contribution in [1.82, 2.24) is 0 Å². The van der Waals surface area contributed by atoms with E-state index in [9.17, 15) is 0 Å². The van der Waals surface area contributed by atoms with Gasteiger partial charge in [0.15, 0.2) is 0 Å². The first-order valence-corrected chi connectivity index (χ1v) is 8.12. The van der Waals surface area contributed by atoms with Gasteiger partial charge in [0.1, 0.15) is 0 Å². The van der Waals surface area contributed by atoms with Crippen molar-refractivity contribution in [2.45, 2.75) is 31.6 Å². The van der Waals surface area contributed by atoms with Crippen molar-refractivity contribution in [3.63, 3.8) is 0 Å². The Hall–Kier alpha value is -2.27. The number of piperidine rings is 1. The Labute approximate surface area is 133 Å². The van der Waals surface area contributed by atoms with E-state index in [-0.39, 0.29) is 0 Å². The molecule has 1 heterocycles. The minimum Gasteiger partial charge on any atom is -0.371 e. The zero-order valence-corrected chi connectivity index (χ0v) is 12.9. The van der Waals surface area contributed by atoms with E-state index in [0.29, 0.717) is 12.3 Å². The fourth-order valence-electron chi connectivity index (χ4n) is 3.31. The van der Waals surface area contributed by atoms with Crippen LogP contribution in [0.1, 0.15) is 36.3 Å². The first-order valence-electron chi connectivity index (χ1n) is 8.12. The standard InChI is InChI=1S/C20H22N2/c21-13-5-7-17-6-4-10-20(16-17)22-14-11-19(12-15-22)18-8-2-1-3-9-18/h1-4,6,8-10,16,19H,5,7,11-12,14-15H2. The second kappa shape index (κ2) is 7.13. The SMILES string of the molecule is N#CCCc1cccc(N2CCC(c3ccccc3)CC2)c1. The summed E-state index contributed by atoms with van der Waals surface area (Å²) in [6.07, 6.45) is 3.88. The molecule has 0 spiro atoms. The van der Waals surface area contributed by atoms with Gasteiger partial charge in [-0.2, -0.15) is 5.26 Å². The van der Waals surface area contributed by atoms with Crippen LogP contribution in [-0.4, -0.2) is 13.1 Å². The number of rotatable bonds is 4. The second-order valence-corrected chi connectivity index (χ2v) is 6.00. The Kier molecular flexibility index (Phi) is 4.75. The van der Waals surface area contributed by atoms with Crippen molar-refractivity contribution >= 4 is 5.69 Å². The highest BCUT2D eigenvalue weighted by Crippen LogP contribution is 2.30. The minimum atomic E-state index is 0.597. The van der Waals surface area contributed by atoms with Gasteiger partial charge >= 0.3 is 0 Å². The van der Waals surface area contributed by atoms with Crippen molar-refractivity contribution in [2.75, 3.05) is 18.0 Å². The second-order valence-electron chi connectivity index (χ2n) is 6.00. The molecule has 2 aromatic rings. The molecular weight excluding hydrogens is 268 g/mol. The summed E-state index contributed by atoms with van der Waals surface area (Å²) in [6.45, 7) is 2.22. The molecule has 0 atom stereocenters. The number of hydrogen-bond acceptors (Lipinski definition) is 2. The molecule has 0 aliphatic carbocycles. The molecule has 0 N–H and O–H groups in total. The Morgan fingerprint density at radius 1 is 1.00 bits per heavy atom. The van der Waals surface area contributed by atoms with Gasteiger partial charge in [-0.15, -0.1) is 0 Å². The average molecular weight is 290 g/mol. The lowest BCUT2D eigenvalue weighted by atomic mass is 9.89. The molecule has 3 rings (SSSR count). The van der Waals surface area contributed by atoms with Crippen molar-refractivity contribution in [3.8, 4) is 6.07 Å². The minimum absolute atomic E-state index is 0.597. The van der Waals surface area contributed by atoms with Crippen molar-refractivity contribution in [1.29, 1.82) is 5.26 Å². The smallest absolute Gasteiger partial charge is 0.0625 e. The molecular formula is C20H22N2. The molecule has 0 radical (unpaired) electrons. The number of nitrogens with zero attached hydrogens (tertiary/aromatic N) is 2. The zero-order chi connectivity index (χ0) is 15.2. The molecule has 0 saturated carbocycles. The Morgan fingerprint density at radius 2 is 1.77 bits per heavy atom. The molecule has 0 unspecified atom stereocenters. The van der Waals surface area contributed by atoms with Crippen LogP contribution in [-0.2, 0) is 6.42 Å². The van der Waals surface area contributed by atoms with Gasteiger partial charge in [-0.05, 0) is 48.4 Å². The lowest BCUT2D eigenvalue weighted by Crippen LogP contribution is -2.32. The van der Waals surface area contributed by atoms with E-state index in [1.165, 1.54) is 29.7 Å². The molecule has 2 aromatic carbocycles. The van der Waals surface area contributed by atoms with Crippen LogP contribution < -0.4 is 4.90 Å². The quantitative estimate of drug-likeness (QED) is 0.827. The Morgan fingerprint density at radius 3 is 2.50 bits per heavy atom. The largest absolute Gasteiger partial charge is 0.371 e. The third-order valence-electron chi connectivity index (χ3n) is 4.57. The monoisotopic (exact) mass is 290 g/mol. The summed E-state index contributed by atoms with van der Waals surface area (Å²) in [5.74, 6) is 0.694. The van der Waals surface area contributed by atoms with E-state index >= 15 is 0 Å². The summed E-state index contributed by atoms with van der Waals surface area (Å²) in [5.41, 5.74) is 4.05. The van der Waals surface area contributed by atoms with E-state index in [4.69, 9.17) is 5.26 Å². The number of benzene rings is 2. The molecule has 0 bridgehead atoms. The van der Waals surface area contributed by atoms with E-state index in [1.54, 1.807) is 0 Å². The van der Waals surface area contributed by atoms with E-state index in [0.717, 1.165) is 19.5 Å². The topological polar surface area (TPSA) is 27.0 Å². The van der Waals surface area contributed by atoms with Crippen LogP contribution in [0, 0.1) is 11.3 Å². The van der Waals surface area contributed by atoms with Crippen LogP contribution >= 0.6 is 0 Å². The van der Waals surface area contributed by atoms with Crippen LogP contribution in [0.25, 0.3) is 0 Å². The van der Waals surface area contributed by atoms with E-state index < -0.39 is 0 Å². The van der Waals surface area contributed by atoms with Gasteiger partial charge in [-0.25, -0.2) is 0 Å². The number of hydrogen-bond donors (Lipinski definition) is 0. The van der Waals surface area contributed by atoms with Gasteiger partial charge in [0, 0.05) is 25.2 Å². The summed E-state index contributed by atoms with van der Waals surface area (Å²) in [5, 5.41) is 8.72. The third kappa shape index (κ3) is 3.49. The van der Waals surface area contributed by atoms with Crippen molar-refractivity contribution in [2.24, 2.45) is 0 Å². The maximum absolute atomic E-state index is 8.72. The first-order chi connectivity index (χ1) is 10.9. The van der Waals surface area contributed by atoms with Gasteiger partial charge < -0.3 is 4.90 Å². The molecule has 1 aliphatic heterocycles. The van der Waals surface area contributed by atoms with Crippen LogP contribution in [0.2, 0.25) is 0 Å². The number of anilines is 1. The highest BCUT2D eigenvalue weighted by atomic mass is 15.1. The molecule has 2 nitrogen and oxygen atoms in total. The maximum atomic E-state index is 8.72. The molecule has 0 amide bonds. The molecule has 112 valence electrons.